The molecule has 2 saturated carbocycles. The summed E-state index contributed by atoms with van der Waals surface area (Å²) in [4.78, 5) is 24.1. The van der Waals surface area contributed by atoms with E-state index in [0.29, 0.717) is 13.0 Å². The van der Waals surface area contributed by atoms with Crippen molar-refractivity contribution in [3.8, 4) is 0 Å². The monoisotopic (exact) mass is 304 g/mol. The minimum atomic E-state index is -0.719. The smallest absolute Gasteiger partial charge is 0.312 e. The van der Waals surface area contributed by atoms with Gasteiger partial charge in [-0.25, -0.2) is 0 Å². The lowest BCUT2D eigenvalue weighted by atomic mass is 9.97. The van der Waals surface area contributed by atoms with Gasteiger partial charge in [-0.2, -0.15) is 0 Å². The molecule has 2 aliphatic rings. The van der Waals surface area contributed by atoms with Gasteiger partial charge in [-0.15, -0.1) is 0 Å². The number of hydrogen-bond donors (Lipinski definition) is 1. The van der Waals surface area contributed by atoms with E-state index in [0.717, 1.165) is 5.56 Å². The Balaban J connectivity index is 1.59. The highest BCUT2D eigenvalue weighted by atomic mass is 16.5. The van der Waals surface area contributed by atoms with Crippen LogP contribution in [0.1, 0.15) is 18.9 Å². The van der Waals surface area contributed by atoms with E-state index in [1.165, 1.54) is 0 Å². The van der Waals surface area contributed by atoms with Crippen molar-refractivity contribution < 1.29 is 24.2 Å². The number of carbonyl (C=O) groups excluding carboxylic acids is 2. The molecule has 5 nitrogen and oxygen atoms in total. The zero-order valence-electron chi connectivity index (χ0n) is 12.5. The van der Waals surface area contributed by atoms with Crippen LogP contribution in [-0.4, -0.2) is 29.8 Å². The zero-order chi connectivity index (χ0) is 15.7. The molecule has 0 aromatic heterocycles. The van der Waals surface area contributed by atoms with Gasteiger partial charge < -0.3 is 14.6 Å². The quantitative estimate of drug-likeness (QED) is 0.835. The molecule has 118 valence electrons. The van der Waals surface area contributed by atoms with Crippen LogP contribution >= 0.6 is 0 Å². The Labute approximate surface area is 129 Å². The third-order valence-corrected chi connectivity index (χ3v) is 4.63. The van der Waals surface area contributed by atoms with Gasteiger partial charge in [0.2, 0.25) is 0 Å². The van der Waals surface area contributed by atoms with E-state index < -0.39 is 18.0 Å². The zero-order valence-corrected chi connectivity index (χ0v) is 12.5. The SMILES string of the molecule is CCOC(=O)C1C2CC(O)C(C(=O)OCc3ccccc3)C21. The summed E-state index contributed by atoms with van der Waals surface area (Å²) in [6.45, 7) is 2.28. The molecule has 0 radical (unpaired) electrons. The molecule has 2 fully saturated rings. The Kier molecular flexibility index (Phi) is 4.16. The molecule has 5 unspecified atom stereocenters. The molecule has 0 heterocycles. The summed E-state index contributed by atoms with van der Waals surface area (Å²) in [5.74, 6) is -1.61. The first-order valence-corrected chi connectivity index (χ1v) is 7.68. The fraction of sp³-hybridized carbons (Fsp3) is 0.529. The summed E-state index contributed by atoms with van der Waals surface area (Å²) in [5.41, 5.74) is 0.901. The first-order chi connectivity index (χ1) is 10.6. The molecule has 1 aromatic carbocycles. The summed E-state index contributed by atoms with van der Waals surface area (Å²) in [6, 6.07) is 9.40. The average molecular weight is 304 g/mol. The van der Waals surface area contributed by atoms with Crippen LogP contribution in [0.2, 0.25) is 0 Å². The van der Waals surface area contributed by atoms with Gasteiger partial charge in [-0.05, 0) is 30.7 Å². The van der Waals surface area contributed by atoms with Crippen LogP contribution in [-0.2, 0) is 25.7 Å². The van der Waals surface area contributed by atoms with Gasteiger partial charge in [0.05, 0.1) is 24.5 Å². The van der Waals surface area contributed by atoms with Crippen molar-refractivity contribution in [1.82, 2.24) is 0 Å². The number of aliphatic hydroxyl groups excluding tert-OH is 1. The van der Waals surface area contributed by atoms with Crippen LogP contribution in [0.5, 0.6) is 0 Å². The van der Waals surface area contributed by atoms with Gasteiger partial charge in [0.25, 0.3) is 0 Å². The third-order valence-electron chi connectivity index (χ3n) is 4.63. The Morgan fingerprint density at radius 3 is 2.50 bits per heavy atom. The topological polar surface area (TPSA) is 72.8 Å². The van der Waals surface area contributed by atoms with Crippen LogP contribution < -0.4 is 0 Å². The molecule has 0 amide bonds. The molecular weight excluding hydrogens is 284 g/mol. The number of esters is 2. The molecule has 2 aliphatic carbocycles. The van der Waals surface area contributed by atoms with E-state index in [4.69, 9.17) is 9.47 Å². The summed E-state index contributed by atoms with van der Waals surface area (Å²) in [6.07, 6.45) is -0.247. The van der Waals surface area contributed by atoms with E-state index in [2.05, 4.69) is 0 Å². The minimum Gasteiger partial charge on any atom is -0.466 e. The van der Waals surface area contributed by atoms with E-state index in [1.54, 1.807) is 6.92 Å². The number of benzene rings is 1. The van der Waals surface area contributed by atoms with Crippen LogP contribution in [0.3, 0.4) is 0 Å². The fourth-order valence-electron chi connectivity index (χ4n) is 3.59. The van der Waals surface area contributed by atoms with E-state index in [1.807, 2.05) is 30.3 Å². The number of aliphatic hydroxyl groups is 1. The van der Waals surface area contributed by atoms with Crippen molar-refractivity contribution in [2.24, 2.45) is 23.7 Å². The number of hydrogen-bond acceptors (Lipinski definition) is 5. The molecular formula is C17H20O5. The summed E-state index contributed by atoms with van der Waals surface area (Å²) < 4.78 is 10.3. The number of carbonyl (C=O) groups is 2. The van der Waals surface area contributed by atoms with Gasteiger partial charge in [0, 0.05) is 0 Å². The molecule has 5 heteroatoms. The van der Waals surface area contributed by atoms with Crippen molar-refractivity contribution in [1.29, 1.82) is 0 Å². The summed E-state index contributed by atoms with van der Waals surface area (Å²) >= 11 is 0. The van der Waals surface area contributed by atoms with Crippen LogP contribution in [0, 0.1) is 23.7 Å². The average Bonchev–Trinajstić information content (AvgIpc) is 3.09. The van der Waals surface area contributed by atoms with Gasteiger partial charge in [-0.1, -0.05) is 30.3 Å². The van der Waals surface area contributed by atoms with Gasteiger partial charge >= 0.3 is 11.9 Å². The molecule has 1 N–H and O–H groups in total. The van der Waals surface area contributed by atoms with Crippen molar-refractivity contribution in [2.75, 3.05) is 6.61 Å². The number of rotatable bonds is 5. The highest BCUT2D eigenvalue weighted by Gasteiger charge is 2.67. The number of fused-ring (bicyclic) bond motifs is 1. The van der Waals surface area contributed by atoms with Crippen molar-refractivity contribution in [3.05, 3.63) is 35.9 Å². The largest absolute Gasteiger partial charge is 0.466 e. The predicted octanol–water partition coefficient (Wildman–Crippen LogP) is 1.54. The highest BCUT2D eigenvalue weighted by molar-refractivity contribution is 5.82. The maximum Gasteiger partial charge on any atom is 0.312 e. The minimum absolute atomic E-state index is 0.0586. The first-order valence-electron chi connectivity index (χ1n) is 7.68. The Bertz CT molecular complexity index is 555. The molecule has 5 atom stereocenters. The van der Waals surface area contributed by atoms with E-state index in [-0.39, 0.29) is 30.3 Å². The second-order valence-corrected chi connectivity index (χ2v) is 5.94. The third kappa shape index (κ3) is 2.73. The van der Waals surface area contributed by atoms with Crippen molar-refractivity contribution >= 4 is 11.9 Å². The molecule has 0 spiro atoms. The molecule has 1 aromatic rings. The number of ether oxygens (including phenoxy) is 2. The first kappa shape index (κ1) is 15.0. The lowest BCUT2D eigenvalue weighted by Gasteiger charge is -2.18. The molecule has 0 saturated heterocycles. The lowest BCUT2D eigenvalue weighted by Crippen LogP contribution is -2.31. The highest BCUT2D eigenvalue weighted by Crippen LogP contribution is 2.61. The summed E-state index contributed by atoms with van der Waals surface area (Å²) in [7, 11) is 0. The Hall–Kier alpha value is -1.88. The standard InChI is InChI=1S/C17H20O5/c1-2-21-16(19)14-11-8-12(18)15(13(11)14)17(20)22-9-10-6-4-3-5-7-10/h3-7,11-15,18H,2,8-9H2,1H3. The van der Waals surface area contributed by atoms with Gasteiger partial charge in [-0.3, -0.25) is 9.59 Å². The van der Waals surface area contributed by atoms with E-state index in [9.17, 15) is 14.7 Å². The normalized spacial score (nSPS) is 32.2. The summed E-state index contributed by atoms with van der Waals surface area (Å²) in [5, 5.41) is 10.0. The molecule has 3 rings (SSSR count). The maximum absolute atomic E-state index is 12.3. The molecule has 0 bridgehead atoms. The Morgan fingerprint density at radius 2 is 1.82 bits per heavy atom. The molecule has 22 heavy (non-hydrogen) atoms. The van der Waals surface area contributed by atoms with Gasteiger partial charge in [0.1, 0.15) is 6.61 Å². The van der Waals surface area contributed by atoms with Crippen molar-refractivity contribution in [2.45, 2.75) is 26.1 Å². The van der Waals surface area contributed by atoms with Crippen LogP contribution in [0.15, 0.2) is 30.3 Å². The fourth-order valence-corrected chi connectivity index (χ4v) is 3.59. The maximum atomic E-state index is 12.3. The van der Waals surface area contributed by atoms with Crippen molar-refractivity contribution in [3.63, 3.8) is 0 Å². The van der Waals surface area contributed by atoms with E-state index >= 15 is 0 Å². The molecule has 0 aliphatic heterocycles. The Morgan fingerprint density at radius 1 is 1.14 bits per heavy atom. The van der Waals surface area contributed by atoms with Gasteiger partial charge in [0.15, 0.2) is 0 Å². The van der Waals surface area contributed by atoms with Crippen LogP contribution in [0.25, 0.3) is 0 Å². The lowest BCUT2D eigenvalue weighted by molar-refractivity contribution is -0.155. The predicted molar refractivity (Wildman–Crippen MR) is 77.5 cm³/mol. The second kappa shape index (κ2) is 6.08. The second-order valence-electron chi connectivity index (χ2n) is 5.94. The van der Waals surface area contributed by atoms with Crippen LogP contribution in [0.4, 0.5) is 0 Å².